The van der Waals surface area contributed by atoms with Crippen LogP contribution in [0.2, 0.25) is 10.0 Å². The molecule has 0 fully saturated rings. The Morgan fingerprint density at radius 3 is 2.21 bits per heavy atom. The molecule has 2 aromatic rings. The van der Waals surface area contributed by atoms with Crippen molar-refractivity contribution in [2.75, 3.05) is 17.1 Å². The average Bonchev–Trinajstić information content (AvgIpc) is 2.72. The first-order valence-electron chi connectivity index (χ1n) is 10.6. The van der Waals surface area contributed by atoms with E-state index in [2.05, 4.69) is 5.32 Å². The molecule has 2 amide bonds. The summed E-state index contributed by atoms with van der Waals surface area (Å²) in [7, 11) is -3.90. The number of sulfonamides is 1. The minimum absolute atomic E-state index is 0.0418. The van der Waals surface area contributed by atoms with Gasteiger partial charge in [-0.25, -0.2) is 12.8 Å². The van der Waals surface area contributed by atoms with E-state index in [1.54, 1.807) is 32.9 Å². The molecular formula is C23H28Cl2FN3O4S. The van der Waals surface area contributed by atoms with Crippen molar-refractivity contribution in [1.29, 1.82) is 0 Å². The summed E-state index contributed by atoms with van der Waals surface area (Å²) in [6, 6.07) is 8.49. The first-order valence-corrected chi connectivity index (χ1v) is 13.2. The van der Waals surface area contributed by atoms with Crippen LogP contribution in [-0.4, -0.2) is 50.0 Å². The quantitative estimate of drug-likeness (QED) is 0.496. The van der Waals surface area contributed by atoms with Crippen molar-refractivity contribution in [3.63, 3.8) is 0 Å². The smallest absolute Gasteiger partial charge is 0.244 e. The lowest BCUT2D eigenvalue weighted by molar-refractivity contribution is -0.140. The van der Waals surface area contributed by atoms with Gasteiger partial charge in [-0.3, -0.25) is 13.9 Å². The van der Waals surface area contributed by atoms with E-state index in [0.29, 0.717) is 15.6 Å². The summed E-state index contributed by atoms with van der Waals surface area (Å²) in [6.07, 6.45) is 1.23. The highest BCUT2D eigenvalue weighted by atomic mass is 35.5. The highest BCUT2D eigenvalue weighted by Crippen LogP contribution is 2.25. The molecule has 11 heteroatoms. The number of halogens is 3. The van der Waals surface area contributed by atoms with Crippen LogP contribution in [0.1, 0.15) is 32.8 Å². The first-order chi connectivity index (χ1) is 15.8. The van der Waals surface area contributed by atoms with Gasteiger partial charge in [-0.2, -0.15) is 0 Å². The van der Waals surface area contributed by atoms with E-state index in [1.165, 1.54) is 23.1 Å². The van der Waals surface area contributed by atoms with Gasteiger partial charge < -0.3 is 10.2 Å². The summed E-state index contributed by atoms with van der Waals surface area (Å²) < 4.78 is 39.2. The summed E-state index contributed by atoms with van der Waals surface area (Å²) in [6.45, 7) is 4.73. The third kappa shape index (κ3) is 7.58. The summed E-state index contributed by atoms with van der Waals surface area (Å²) >= 11 is 12.3. The number of anilines is 1. The zero-order chi connectivity index (χ0) is 25.6. The molecule has 0 saturated heterocycles. The fourth-order valence-electron chi connectivity index (χ4n) is 3.35. The number of carbonyl (C=O) groups is 2. The number of hydrogen-bond acceptors (Lipinski definition) is 4. The Morgan fingerprint density at radius 2 is 1.71 bits per heavy atom. The Labute approximate surface area is 209 Å². The lowest BCUT2D eigenvalue weighted by Gasteiger charge is -2.33. The predicted molar refractivity (Wildman–Crippen MR) is 133 cm³/mol. The van der Waals surface area contributed by atoms with Crippen molar-refractivity contribution in [2.45, 2.75) is 45.8 Å². The summed E-state index contributed by atoms with van der Waals surface area (Å²) in [5.74, 6) is -1.53. The standard InChI is InChI=1S/C23H28Cl2FN3O4S/c1-5-21(23(31)27-15(2)3)28(13-16-6-7-17(24)12-20(16)25)22(30)14-29(34(4,32)33)19-10-8-18(26)9-11-19/h6-12,15,21H,5,13-14H2,1-4H3,(H,27,31)/t21-/m1/s1. The van der Waals surface area contributed by atoms with Crippen molar-refractivity contribution in [3.05, 3.63) is 63.9 Å². The van der Waals surface area contributed by atoms with E-state index in [9.17, 15) is 22.4 Å². The molecule has 2 rings (SSSR count). The van der Waals surface area contributed by atoms with Gasteiger partial charge >= 0.3 is 0 Å². The minimum atomic E-state index is -3.90. The molecule has 0 heterocycles. The van der Waals surface area contributed by atoms with E-state index >= 15 is 0 Å². The minimum Gasteiger partial charge on any atom is -0.352 e. The molecule has 1 atom stereocenters. The Morgan fingerprint density at radius 1 is 1.09 bits per heavy atom. The molecule has 0 aliphatic heterocycles. The normalized spacial score (nSPS) is 12.4. The van der Waals surface area contributed by atoms with E-state index in [1.807, 2.05) is 0 Å². The lowest BCUT2D eigenvalue weighted by Crippen LogP contribution is -2.53. The fraction of sp³-hybridized carbons (Fsp3) is 0.391. The summed E-state index contributed by atoms with van der Waals surface area (Å²) in [5, 5.41) is 3.52. The molecule has 0 aliphatic rings. The lowest BCUT2D eigenvalue weighted by atomic mass is 10.1. The number of rotatable bonds is 10. The van der Waals surface area contributed by atoms with Crippen LogP contribution < -0.4 is 9.62 Å². The third-order valence-corrected chi connectivity index (χ3v) is 6.69. The van der Waals surface area contributed by atoms with Crippen LogP contribution in [0.15, 0.2) is 42.5 Å². The van der Waals surface area contributed by atoms with Crippen LogP contribution in [-0.2, 0) is 26.2 Å². The Hall–Kier alpha value is -2.36. The van der Waals surface area contributed by atoms with Crippen LogP contribution >= 0.6 is 23.2 Å². The molecule has 2 aromatic carbocycles. The molecule has 0 unspecified atom stereocenters. The molecule has 0 spiro atoms. The number of hydrogen-bond donors (Lipinski definition) is 1. The van der Waals surface area contributed by atoms with E-state index < -0.39 is 34.3 Å². The first kappa shape index (κ1) is 27.9. The monoisotopic (exact) mass is 531 g/mol. The molecular weight excluding hydrogens is 504 g/mol. The molecule has 0 radical (unpaired) electrons. The maximum atomic E-state index is 13.5. The molecule has 186 valence electrons. The molecule has 0 saturated carbocycles. The Kier molecular flexibility index (Phi) is 9.73. The molecule has 0 aliphatic carbocycles. The number of carbonyl (C=O) groups excluding carboxylic acids is 2. The second-order valence-electron chi connectivity index (χ2n) is 8.09. The third-order valence-electron chi connectivity index (χ3n) is 4.97. The molecule has 34 heavy (non-hydrogen) atoms. The maximum Gasteiger partial charge on any atom is 0.244 e. The Balaban J connectivity index is 2.46. The molecule has 1 N–H and O–H groups in total. The maximum absolute atomic E-state index is 13.5. The van der Waals surface area contributed by atoms with Gasteiger partial charge in [-0.05, 0) is 62.2 Å². The van der Waals surface area contributed by atoms with Crippen LogP contribution in [0.4, 0.5) is 10.1 Å². The SMILES string of the molecule is CC[C@H](C(=O)NC(C)C)N(Cc1ccc(Cl)cc1Cl)C(=O)CN(c1ccc(F)cc1)S(C)(=O)=O. The van der Waals surface area contributed by atoms with Crippen molar-refractivity contribution in [2.24, 2.45) is 0 Å². The van der Waals surface area contributed by atoms with E-state index in [-0.39, 0.29) is 30.6 Å². The van der Waals surface area contributed by atoms with Crippen molar-refractivity contribution >= 4 is 50.7 Å². The van der Waals surface area contributed by atoms with Crippen LogP contribution in [0.3, 0.4) is 0 Å². The zero-order valence-electron chi connectivity index (χ0n) is 19.4. The summed E-state index contributed by atoms with van der Waals surface area (Å²) in [5.41, 5.74) is 0.671. The van der Waals surface area contributed by atoms with Crippen molar-refractivity contribution in [3.8, 4) is 0 Å². The molecule has 0 aromatic heterocycles. The predicted octanol–water partition coefficient (Wildman–Crippen LogP) is 4.23. The topological polar surface area (TPSA) is 86.8 Å². The van der Waals surface area contributed by atoms with Gasteiger partial charge in [0.2, 0.25) is 21.8 Å². The van der Waals surface area contributed by atoms with Crippen LogP contribution in [0.25, 0.3) is 0 Å². The number of nitrogens with zero attached hydrogens (tertiary/aromatic N) is 2. The largest absolute Gasteiger partial charge is 0.352 e. The number of nitrogens with one attached hydrogen (secondary N) is 1. The number of benzene rings is 2. The molecule has 0 bridgehead atoms. The van der Waals surface area contributed by atoms with Gasteiger partial charge in [0.15, 0.2) is 0 Å². The van der Waals surface area contributed by atoms with Gasteiger partial charge in [0.25, 0.3) is 0 Å². The second kappa shape index (κ2) is 11.9. The number of amides is 2. The highest BCUT2D eigenvalue weighted by Gasteiger charge is 2.32. The van der Waals surface area contributed by atoms with Gasteiger partial charge in [-0.1, -0.05) is 36.2 Å². The van der Waals surface area contributed by atoms with Crippen LogP contribution in [0.5, 0.6) is 0 Å². The fourth-order valence-corrected chi connectivity index (χ4v) is 4.67. The zero-order valence-corrected chi connectivity index (χ0v) is 21.7. The van der Waals surface area contributed by atoms with E-state index in [0.717, 1.165) is 22.7 Å². The van der Waals surface area contributed by atoms with E-state index in [4.69, 9.17) is 23.2 Å². The summed E-state index contributed by atoms with van der Waals surface area (Å²) in [4.78, 5) is 27.7. The van der Waals surface area contributed by atoms with Crippen molar-refractivity contribution < 1.29 is 22.4 Å². The highest BCUT2D eigenvalue weighted by molar-refractivity contribution is 7.92. The second-order valence-corrected chi connectivity index (χ2v) is 10.8. The van der Waals surface area contributed by atoms with Gasteiger partial charge in [-0.15, -0.1) is 0 Å². The van der Waals surface area contributed by atoms with Gasteiger partial charge in [0.05, 0.1) is 11.9 Å². The average molecular weight is 532 g/mol. The van der Waals surface area contributed by atoms with Crippen LogP contribution in [0, 0.1) is 5.82 Å². The van der Waals surface area contributed by atoms with Gasteiger partial charge in [0.1, 0.15) is 18.4 Å². The van der Waals surface area contributed by atoms with Crippen molar-refractivity contribution in [1.82, 2.24) is 10.2 Å². The Bertz CT molecular complexity index is 1130. The molecule has 7 nitrogen and oxygen atoms in total. The van der Waals surface area contributed by atoms with Gasteiger partial charge in [0, 0.05) is 22.6 Å².